The molecule has 3 rings (SSSR count). The maximum absolute atomic E-state index is 13.0. The molecule has 0 N–H and O–H groups in total. The zero-order chi connectivity index (χ0) is 20.1. The number of nitrogens with zero attached hydrogens (tertiary/aromatic N) is 2. The van der Waals surface area contributed by atoms with Gasteiger partial charge in [-0.25, -0.2) is 12.8 Å². The van der Waals surface area contributed by atoms with E-state index in [9.17, 15) is 17.6 Å². The van der Waals surface area contributed by atoms with E-state index in [1.54, 1.807) is 29.2 Å². The number of carbonyl (C=O) groups is 1. The van der Waals surface area contributed by atoms with Crippen molar-refractivity contribution >= 4 is 15.9 Å². The molecule has 150 valence electrons. The molecule has 0 aromatic heterocycles. The lowest BCUT2D eigenvalue weighted by molar-refractivity contribution is -0.131. The number of rotatable bonds is 6. The Kier molecular flexibility index (Phi) is 6.31. The van der Waals surface area contributed by atoms with Crippen LogP contribution in [0.25, 0.3) is 0 Å². The first-order chi connectivity index (χ1) is 13.4. The third-order valence-electron chi connectivity index (χ3n) is 4.63. The Hall–Kier alpha value is -2.45. The number of piperazine rings is 1. The predicted octanol–water partition coefficient (Wildman–Crippen LogP) is 2.30. The fraction of sp³-hybridized carbons (Fsp3) is 0.350. The summed E-state index contributed by atoms with van der Waals surface area (Å²) >= 11 is 0. The lowest BCUT2D eigenvalue weighted by Gasteiger charge is -2.34. The molecule has 0 atom stereocenters. The van der Waals surface area contributed by atoms with Crippen molar-refractivity contribution in [1.29, 1.82) is 0 Å². The number of hydrogen-bond acceptors (Lipinski definition) is 4. The summed E-state index contributed by atoms with van der Waals surface area (Å²) in [7, 11) is -3.61. The first kappa shape index (κ1) is 20.3. The predicted molar refractivity (Wildman–Crippen MR) is 103 cm³/mol. The van der Waals surface area contributed by atoms with E-state index in [1.807, 2.05) is 6.92 Å². The minimum absolute atomic E-state index is 0.0928. The van der Waals surface area contributed by atoms with E-state index >= 15 is 0 Å². The van der Waals surface area contributed by atoms with Crippen LogP contribution in [0.4, 0.5) is 4.39 Å². The van der Waals surface area contributed by atoms with Gasteiger partial charge in [-0.15, -0.1) is 0 Å². The lowest BCUT2D eigenvalue weighted by Crippen LogP contribution is -2.50. The summed E-state index contributed by atoms with van der Waals surface area (Å²) < 4.78 is 45.3. The van der Waals surface area contributed by atoms with Crippen molar-refractivity contribution in [2.45, 2.75) is 18.2 Å². The summed E-state index contributed by atoms with van der Waals surface area (Å²) in [5, 5.41) is 0. The van der Waals surface area contributed by atoms with Crippen molar-refractivity contribution < 1.29 is 22.3 Å². The van der Waals surface area contributed by atoms with Crippen LogP contribution < -0.4 is 4.74 Å². The van der Waals surface area contributed by atoms with E-state index in [0.29, 0.717) is 25.4 Å². The Labute approximate surface area is 164 Å². The molecular formula is C20H23FN2O4S. The minimum Gasteiger partial charge on any atom is -0.494 e. The van der Waals surface area contributed by atoms with Gasteiger partial charge in [-0.05, 0) is 48.9 Å². The summed E-state index contributed by atoms with van der Waals surface area (Å²) in [6.07, 6.45) is 0.173. The Morgan fingerprint density at radius 3 is 2.18 bits per heavy atom. The van der Waals surface area contributed by atoms with Crippen LogP contribution in [-0.2, 0) is 21.2 Å². The van der Waals surface area contributed by atoms with E-state index in [1.165, 1.54) is 28.6 Å². The topological polar surface area (TPSA) is 66.9 Å². The molecule has 0 saturated carbocycles. The van der Waals surface area contributed by atoms with Crippen molar-refractivity contribution in [3.8, 4) is 5.75 Å². The van der Waals surface area contributed by atoms with Gasteiger partial charge in [-0.3, -0.25) is 4.79 Å². The summed E-state index contributed by atoms with van der Waals surface area (Å²) in [5.41, 5.74) is 0.732. The first-order valence-corrected chi connectivity index (χ1v) is 10.6. The monoisotopic (exact) mass is 406 g/mol. The quantitative estimate of drug-likeness (QED) is 0.738. The number of amides is 1. The fourth-order valence-electron chi connectivity index (χ4n) is 3.09. The van der Waals surface area contributed by atoms with Crippen LogP contribution in [0.15, 0.2) is 53.4 Å². The van der Waals surface area contributed by atoms with Crippen molar-refractivity contribution in [1.82, 2.24) is 9.21 Å². The lowest BCUT2D eigenvalue weighted by atomic mass is 10.1. The molecule has 1 saturated heterocycles. The Balaban J connectivity index is 1.59. The maximum Gasteiger partial charge on any atom is 0.243 e. The zero-order valence-corrected chi connectivity index (χ0v) is 16.5. The molecule has 0 unspecified atom stereocenters. The summed E-state index contributed by atoms with van der Waals surface area (Å²) in [5.74, 6) is 0.187. The van der Waals surface area contributed by atoms with Crippen LogP contribution in [0.3, 0.4) is 0 Å². The van der Waals surface area contributed by atoms with Crippen molar-refractivity contribution in [2.75, 3.05) is 32.8 Å². The molecule has 1 fully saturated rings. The number of sulfonamides is 1. The second-order valence-electron chi connectivity index (χ2n) is 6.49. The largest absolute Gasteiger partial charge is 0.494 e. The third-order valence-corrected chi connectivity index (χ3v) is 6.55. The van der Waals surface area contributed by atoms with Crippen molar-refractivity contribution in [3.05, 3.63) is 59.9 Å². The SMILES string of the molecule is CCOc1ccc(S(=O)(=O)N2CCN(C(=O)Cc3ccc(F)cc3)CC2)cc1. The molecule has 0 spiro atoms. The van der Waals surface area contributed by atoms with Gasteiger partial charge in [0.2, 0.25) is 15.9 Å². The highest BCUT2D eigenvalue weighted by molar-refractivity contribution is 7.89. The van der Waals surface area contributed by atoms with Gasteiger partial charge in [0.05, 0.1) is 17.9 Å². The molecule has 2 aromatic carbocycles. The van der Waals surface area contributed by atoms with Crippen LogP contribution in [-0.4, -0.2) is 56.3 Å². The molecule has 1 heterocycles. The van der Waals surface area contributed by atoms with Gasteiger partial charge in [-0.2, -0.15) is 4.31 Å². The average Bonchev–Trinajstić information content (AvgIpc) is 2.70. The zero-order valence-electron chi connectivity index (χ0n) is 15.7. The molecule has 1 amide bonds. The number of halogens is 1. The Bertz CT molecular complexity index is 906. The number of carbonyl (C=O) groups excluding carboxylic acids is 1. The molecule has 2 aromatic rings. The van der Waals surface area contributed by atoms with E-state index in [-0.39, 0.29) is 36.1 Å². The van der Waals surface area contributed by atoms with Gasteiger partial charge in [0.25, 0.3) is 0 Å². The molecule has 0 bridgehead atoms. The van der Waals surface area contributed by atoms with E-state index in [4.69, 9.17) is 4.74 Å². The van der Waals surface area contributed by atoms with E-state index in [2.05, 4.69) is 0 Å². The molecular weight excluding hydrogens is 383 g/mol. The van der Waals surface area contributed by atoms with E-state index < -0.39 is 10.0 Å². The third kappa shape index (κ3) is 4.69. The Morgan fingerprint density at radius 1 is 1.00 bits per heavy atom. The van der Waals surface area contributed by atoms with Crippen LogP contribution in [0.1, 0.15) is 12.5 Å². The van der Waals surface area contributed by atoms with Gasteiger partial charge in [0.15, 0.2) is 0 Å². The van der Waals surface area contributed by atoms with Gasteiger partial charge >= 0.3 is 0 Å². The molecule has 1 aliphatic rings. The summed E-state index contributed by atoms with van der Waals surface area (Å²) in [6.45, 7) is 3.52. The molecule has 1 aliphatic heterocycles. The van der Waals surface area contributed by atoms with Gasteiger partial charge < -0.3 is 9.64 Å². The average molecular weight is 406 g/mol. The fourth-order valence-corrected chi connectivity index (χ4v) is 4.51. The van der Waals surface area contributed by atoms with Crippen LogP contribution >= 0.6 is 0 Å². The number of ether oxygens (including phenoxy) is 1. The van der Waals surface area contributed by atoms with E-state index in [0.717, 1.165) is 5.56 Å². The van der Waals surface area contributed by atoms with Crippen LogP contribution in [0.2, 0.25) is 0 Å². The highest BCUT2D eigenvalue weighted by Gasteiger charge is 2.30. The highest BCUT2D eigenvalue weighted by Crippen LogP contribution is 2.21. The Morgan fingerprint density at radius 2 is 1.61 bits per heavy atom. The molecule has 0 radical (unpaired) electrons. The second kappa shape index (κ2) is 8.70. The van der Waals surface area contributed by atoms with Gasteiger partial charge in [0.1, 0.15) is 11.6 Å². The minimum atomic E-state index is -3.61. The molecule has 8 heteroatoms. The number of benzene rings is 2. The second-order valence-corrected chi connectivity index (χ2v) is 8.43. The van der Waals surface area contributed by atoms with Crippen molar-refractivity contribution in [2.24, 2.45) is 0 Å². The molecule has 28 heavy (non-hydrogen) atoms. The van der Waals surface area contributed by atoms with Crippen LogP contribution in [0.5, 0.6) is 5.75 Å². The normalized spacial score (nSPS) is 15.4. The number of hydrogen-bond donors (Lipinski definition) is 0. The maximum atomic E-state index is 13.0. The highest BCUT2D eigenvalue weighted by atomic mass is 32.2. The van der Waals surface area contributed by atoms with Gasteiger partial charge in [-0.1, -0.05) is 12.1 Å². The first-order valence-electron chi connectivity index (χ1n) is 9.15. The van der Waals surface area contributed by atoms with Gasteiger partial charge in [0, 0.05) is 26.2 Å². The molecule has 6 nitrogen and oxygen atoms in total. The van der Waals surface area contributed by atoms with Crippen LogP contribution in [0, 0.1) is 5.82 Å². The summed E-state index contributed by atoms with van der Waals surface area (Å²) in [6, 6.07) is 12.2. The molecule has 0 aliphatic carbocycles. The summed E-state index contributed by atoms with van der Waals surface area (Å²) in [4.78, 5) is 14.3. The van der Waals surface area contributed by atoms with Crippen molar-refractivity contribution in [3.63, 3.8) is 0 Å². The smallest absolute Gasteiger partial charge is 0.243 e. The standard InChI is InChI=1S/C20H23FN2O4S/c1-2-27-18-7-9-19(10-8-18)28(25,26)23-13-11-22(12-14-23)20(24)15-16-3-5-17(21)6-4-16/h3-10H,2,11-15H2,1H3.